The zero-order chi connectivity index (χ0) is 19.2. The first-order valence-electron chi connectivity index (χ1n) is 7.90. The number of amides is 1. The van der Waals surface area contributed by atoms with Gasteiger partial charge in [0, 0.05) is 18.2 Å². The van der Waals surface area contributed by atoms with Gasteiger partial charge in [0.2, 0.25) is 15.9 Å². The van der Waals surface area contributed by atoms with Crippen LogP contribution < -0.4 is 19.5 Å². The molecule has 140 valence electrons. The van der Waals surface area contributed by atoms with E-state index in [1.165, 1.54) is 13.2 Å². The zero-order valence-electron chi connectivity index (χ0n) is 14.9. The molecule has 0 aliphatic carbocycles. The number of anilines is 2. The van der Waals surface area contributed by atoms with Crippen molar-refractivity contribution in [2.24, 2.45) is 0 Å². The summed E-state index contributed by atoms with van der Waals surface area (Å²) < 4.78 is 35.5. The van der Waals surface area contributed by atoms with Crippen LogP contribution in [0, 0.1) is 0 Å². The monoisotopic (exact) mass is 378 g/mol. The number of aryl methyl sites for hydroxylation is 1. The summed E-state index contributed by atoms with van der Waals surface area (Å²) in [6.07, 6.45) is 1.88. The lowest BCUT2D eigenvalue weighted by molar-refractivity contribution is -0.116. The van der Waals surface area contributed by atoms with Crippen LogP contribution in [0.3, 0.4) is 0 Å². The minimum absolute atomic E-state index is 0.165. The third-order valence-corrected chi connectivity index (χ3v) is 4.19. The van der Waals surface area contributed by atoms with Crippen LogP contribution in [0.25, 0.3) is 0 Å². The maximum atomic E-state index is 12.2. The molecule has 8 heteroatoms. The van der Waals surface area contributed by atoms with Crippen molar-refractivity contribution < 1.29 is 22.7 Å². The Kier molecular flexibility index (Phi) is 6.46. The summed E-state index contributed by atoms with van der Waals surface area (Å²) in [5, 5.41) is 2.78. The van der Waals surface area contributed by atoms with Crippen LogP contribution in [-0.2, 0) is 21.2 Å². The van der Waals surface area contributed by atoms with Crippen molar-refractivity contribution in [3.63, 3.8) is 0 Å². The fourth-order valence-corrected chi connectivity index (χ4v) is 3.00. The van der Waals surface area contributed by atoms with E-state index < -0.39 is 10.0 Å². The van der Waals surface area contributed by atoms with Gasteiger partial charge < -0.3 is 14.8 Å². The quantitative estimate of drug-likeness (QED) is 0.736. The first-order chi connectivity index (χ1) is 12.3. The summed E-state index contributed by atoms with van der Waals surface area (Å²) in [4.78, 5) is 12.2. The number of carbonyl (C=O) groups is 1. The summed E-state index contributed by atoms with van der Waals surface area (Å²) in [5.74, 6) is 0.901. The summed E-state index contributed by atoms with van der Waals surface area (Å²) in [6.45, 7) is 0. The number of methoxy groups -OCH3 is 2. The summed E-state index contributed by atoms with van der Waals surface area (Å²) in [5.41, 5.74) is 1.78. The van der Waals surface area contributed by atoms with Gasteiger partial charge in [-0.15, -0.1) is 0 Å². The van der Waals surface area contributed by atoms with Gasteiger partial charge in [-0.3, -0.25) is 9.52 Å². The highest BCUT2D eigenvalue weighted by Gasteiger charge is 2.11. The number of nitrogens with one attached hydrogen (secondary N) is 2. The number of ether oxygens (including phenoxy) is 2. The topological polar surface area (TPSA) is 93.7 Å². The van der Waals surface area contributed by atoms with E-state index in [1.807, 2.05) is 24.3 Å². The van der Waals surface area contributed by atoms with E-state index in [0.29, 0.717) is 23.5 Å². The Morgan fingerprint density at radius 1 is 1.04 bits per heavy atom. The molecule has 26 heavy (non-hydrogen) atoms. The van der Waals surface area contributed by atoms with Crippen LogP contribution >= 0.6 is 0 Å². The molecular weight excluding hydrogens is 356 g/mol. The van der Waals surface area contributed by atoms with E-state index in [4.69, 9.17) is 9.47 Å². The highest BCUT2D eigenvalue weighted by atomic mass is 32.2. The van der Waals surface area contributed by atoms with E-state index in [1.54, 1.807) is 19.2 Å². The number of hydrogen-bond acceptors (Lipinski definition) is 5. The van der Waals surface area contributed by atoms with Crippen molar-refractivity contribution in [2.75, 3.05) is 30.5 Å². The maximum absolute atomic E-state index is 12.2. The molecule has 2 rings (SSSR count). The van der Waals surface area contributed by atoms with Crippen LogP contribution in [-0.4, -0.2) is 34.8 Å². The van der Waals surface area contributed by atoms with E-state index in [0.717, 1.165) is 17.6 Å². The molecule has 0 unspecified atom stereocenters. The van der Waals surface area contributed by atoms with Gasteiger partial charge in [-0.05, 0) is 30.2 Å². The Hall–Kier alpha value is -2.74. The zero-order valence-corrected chi connectivity index (χ0v) is 15.7. The summed E-state index contributed by atoms with van der Waals surface area (Å²) in [6, 6.07) is 12.3. The molecule has 0 aliphatic rings. The van der Waals surface area contributed by atoms with Crippen molar-refractivity contribution >= 4 is 27.3 Å². The average molecular weight is 378 g/mol. The van der Waals surface area contributed by atoms with Crippen molar-refractivity contribution in [1.29, 1.82) is 0 Å². The van der Waals surface area contributed by atoms with Crippen molar-refractivity contribution in [3.8, 4) is 11.5 Å². The number of hydrogen-bond donors (Lipinski definition) is 2. The molecular formula is C18H22N2O5S. The lowest BCUT2D eigenvalue weighted by Crippen LogP contribution is -2.13. The van der Waals surface area contributed by atoms with Crippen LogP contribution in [0.15, 0.2) is 42.5 Å². The Labute approximate surface area is 153 Å². The number of para-hydroxylation sites is 1. The first kappa shape index (κ1) is 19.6. The molecule has 0 radical (unpaired) electrons. The minimum atomic E-state index is -3.42. The third kappa shape index (κ3) is 5.66. The van der Waals surface area contributed by atoms with E-state index in [-0.39, 0.29) is 12.3 Å². The molecule has 0 aliphatic heterocycles. The van der Waals surface area contributed by atoms with Gasteiger partial charge in [0.05, 0.1) is 26.2 Å². The van der Waals surface area contributed by atoms with Crippen LogP contribution in [0.2, 0.25) is 0 Å². The lowest BCUT2D eigenvalue weighted by Gasteiger charge is -2.12. The van der Waals surface area contributed by atoms with Crippen molar-refractivity contribution in [3.05, 3.63) is 48.0 Å². The second-order valence-corrected chi connectivity index (χ2v) is 7.40. The minimum Gasteiger partial charge on any atom is -0.496 e. The van der Waals surface area contributed by atoms with Crippen molar-refractivity contribution in [1.82, 2.24) is 0 Å². The van der Waals surface area contributed by atoms with Crippen LogP contribution in [0.1, 0.15) is 12.0 Å². The SMILES string of the molecule is COc1ccccc1CCC(=O)Nc1ccc(NS(C)(=O)=O)c(OC)c1. The lowest BCUT2D eigenvalue weighted by atomic mass is 10.1. The molecule has 0 bridgehead atoms. The normalized spacial score (nSPS) is 10.9. The van der Waals surface area contributed by atoms with Crippen molar-refractivity contribution in [2.45, 2.75) is 12.8 Å². The molecule has 2 N–H and O–H groups in total. The first-order valence-corrected chi connectivity index (χ1v) is 9.79. The van der Waals surface area contributed by atoms with Gasteiger partial charge in [-0.2, -0.15) is 0 Å². The average Bonchev–Trinajstić information content (AvgIpc) is 2.60. The second-order valence-electron chi connectivity index (χ2n) is 5.65. The predicted octanol–water partition coefficient (Wildman–Crippen LogP) is 2.65. The molecule has 0 heterocycles. The largest absolute Gasteiger partial charge is 0.496 e. The number of carbonyl (C=O) groups excluding carboxylic acids is 1. The summed E-state index contributed by atoms with van der Waals surface area (Å²) >= 11 is 0. The van der Waals surface area contributed by atoms with Gasteiger partial charge in [-0.1, -0.05) is 18.2 Å². The molecule has 0 saturated carbocycles. The fourth-order valence-electron chi connectivity index (χ4n) is 2.43. The Morgan fingerprint density at radius 2 is 1.73 bits per heavy atom. The second kappa shape index (κ2) is 8.57. The number of sulfonamides is 1. The highest BCUT2D eigenvalue weighted by Crippen LogP contribution is 2.28. The molecule has 2 aromatic rings. The Bertz CT molecular complexity index is 881. The molecule has 0 atom stereocenters. The Balaban J connectivity index is 2.02. The van der Waals surface area contributed by atoms with Gasteiger partial charge in [0.25, 0.3) is 0 Å². The maximum Gasteiger partial charge on any atom is 0.229 e. The third-order valence-electron chi connectivity index (χ3n) is 3.59. The predicted molar refractivity (Wildman–Crippen MR) is 101 cm³/mol. The fraction of sp³-hybridized carbons (Fsp3) is 0.278. The van der Waals surface area contributed by atoms with E-state index in [2.05, 4.69) is 10.0 Å². The van der Waals surface area contributed by atoms with Gasteiger partial charge in [-0.25, -0.2) is 8.42 Å². The smallest absolute Gasteiger partial charge is 0.229 e. The van der Waals surface area contributed by atoms with Gasteiger partial charge in [0.1, 0.15) is 11.5 Å². The van der Waals surface area contributed by atoms with E-state index >= 15 is 0 Å². The molecule has 0 fully saturated rings. The molecule has 0 saturated heterocycles. The standard InChI is InChI=1S/C18H22N2O5S/c1-24-16-7-5-4-6-13(16)8-11-18(21)19-14-9-10-15(17(12-14)25-2)20-26(3,22)23/h4-7,9-10,12,20H,8,11H2,1-3H3,(H,19,21). The van der Waals surface area contributed by atoms with Gasteiger partial charge >= 0.3 is 0 Å². The molecule has 7 nitrogen and oxygen atoms in total. The number of rotatable bonds is 8. The summed E-state index contributed by atoms with van der Waals surface area (Å²) in [7, 11) is -0.400. The highest BCUT2D eigenvalue weighted by molar-refractivity contribution is 7.92. The molecule has 1 amide bonds. The van der Waals surface area contributed by atoms with Crippen LogP contribution in [0.5, 0.6) is 11.5 Å². The van der Waals surface area contributed by atoms with Crippen LogP contribution in [0.4, 0.5) is 11.4 Å². The van der Waals surface area contributed by atoms with Gasteiger partial charge in [0.15, 0.2) is 0 Å². The molecule has 0 aromatic heterocycles. The van der Waals surface area contributed by atoms with E-state index in [9.17, 15) is 13.2 Å². The molecule has 0 spiro atoms. The Morgan fingerprint density at radius 3 is 2.38 bits per heavy atom. The molecule has 2 aromatic carbocycles. The number of benzene rings is 2.